The third-order valence-electron chi connectivity index (χ3n) is 4.25. The Bertz CT molecular complexity index is 385. The Labute approximate surface area is 144 Å². The van der Waals surface area contributed by atoms with E-state index in [1.807, 2.05) is 0 Å². The van der Waals surface area contributed by atoms with Gasteiger partial charge in [-0.3, -0.25) is 0 Å². The lowest BCUT2D eigenvalue weighted by atomic mass is 9.42. The molecule has 1 aliphatic heterocycles. The Hall–Kier alpha value is 0.544. The Morgan fingerprint density at radius 2 is 1.52 bits per heavy atom. The van der Waals surface area contributed by atoms with Gasteiger partial charge in [0, 0.05) is 5.54 Å². The summed E-state index contributed by atoms with van der Waals surface area (Å²) in [6.07, 6.45) is 4.73. The lowest BCUT2D eigenvalue weighted by Gasteiger charge is -2.48. The summed E-state index contributed by atoms with van der Waals surface area (Å²) in [6.45, 7) is 24.7. The van der Waals surface area contributed by atoms with Crippen LogP contribution in [0.4, 0.5) is 0 Å². The van der Waals surface area contributed by atoms with Crippen LogP contribution in [0.5, 0.6) is 0 Å². The van der Waals surface area contributed by atoms with Crippen molar-refractivity contribution in [2.24, 2.45) is 0 Å². The second-order valence-corrected chi connectivity index (χ2v) is 20.4. The highest BCUT2D eigenvalue weighted by atomic mass is 79.9. The molecule has 0 amide bonds. The molecule has 1 aliphatic rings. The second kappa shape index (κ2) is 6.21. The minimum absolute atomic E-state index is 0.195. The molecular formula is C14H33B2BrN2Si2. The first-order valence-corrected chi connectivity index (χ1v) is 15.9. The molecule has 0 aromatic carbocycles. The van der Waals surface area contributed by atoms with Crippen molar-refractivity contribution in [1.82, 2.24) is 8.95 Å². The van der Waals surface area contributed by atoms with E-state index < -0.39 is 16.5 Å². The highest BCUT2D eigenvalue weighted by Crippen LogP contribution is 2.37. The zero-order valence-electron chi connectivity index (χ0n) is 15.7. The SMILES string of the molecule is CB1C(B(Br)N([Si](C)(C)C)[Si](C)(C)C)C=CN1C(C)(C)C. The number of halogens is 1. The van der Waals surface area contributed by atoms with Crippen molar-refractivity contribution in [3.8, 4) is 0 Å². The van der Waals surface area contributed by atoms with Crippen LogP contribution in [0.2, 0.25) is 51.8 Å². The van der Waals surface area contributed by atoms with Crippen LogP contribution in [0.25, 0.3) is 0 Å². The van der Waals surface area contributed by atoms with Gasteiger partial charge in [0.15, 0.2) is 0 Å². The fourth-order valence-corrected chi connectivity index (χ4v) is 17.9. The van der Waals surface area contributed by atoms with E-state index in [0.29, 0.717) is 18.2 Å². The normalized spacial score (nSPS) is 20.7. The smallest absolute Gasteiger partial charge is 0.291 e. The largest absolute Gasteiger partial charge is 0.417 e. The molecule has 0 saturated carbocycles. The van der Waals surface area contributed by atoms with E-state index >= 15 is 0 Å². The first-order chi connectivity index (χ1) is 9.17. The lowest BCUT2D eigenvalue weighted by Crippen LogP contribution is -2.65. The van der Waals surface area contributed by atoms with E-state index in [-0.39, 0.29) is 5.54 Å². The highest BCUT2D eigenvalue weighted by Gasteiger charge is 2.48. The van der Waals surface area contributed by atoms with Crippen molar-refractivity contribution >= 4 is 44.7 Å². The molecule has 0 aromatic heterocycles. The van der Waals surface area contributed by atoms with E-state index in [2.05, 4.69) is 104 Å². The van der Waals surface area contributed by atoms with Crippen molar-refractivity contribution in [3.63, 3.8) is 0 Å². The molecule has 7 heteroatoms. The Morgan fingerprint density at radius 3 is 1.81 bits per heavy atom. The number of rotatable bonds is 4. The second-order valence-electron chi connectivity index (χ2n) is 9.32. The molecular weight excluding hydrogens is 354 g/mol. The van der Waals surface area contributed by atoms with Crippen molar-refractivity contribution in [2.45, 2.75) is 78.1 Å². The molecule has 1 rings (SSSR count). The third kappa shape index (κ3) is 4.52. The summed E-state index contributed by atoms with van der Waals surface area (Å²) >= 11 is 4.09. The van der Waals surface area contributed by atoms with Crippen LogP contribution in [0.3, 0.4) is 0 Å². The van der Waals surface area contributed by atoms with E-state index in [4.69, 9.17) is 0 Å². The van der Waals surface area contributed by atoms with Crippen LogP contribution in [-0.4, -0.2) is 43.5 Å². The maximum atomic E-state index is 4.09. The monoisotopic (exact) mass is 386 g/mol. The number of allylic oxidation sites excluding steroid dienone is 1. The van der Waals surface area contributed by atoms with Gasteiger partial charge in [0.2, 0.25) is 0 Å². The highest BCUT2D eigenvalue weighted by molar-refractivity contribution is 9.24. The van der Waals surface area contributed by atoms with Crippen LogP contribution in [0, 0.1) is 0 Å². The van der Waals surface area contributed by atoms with E-state index in [1.165, 1.54) is 0 Å². The molecule has 0 aromatic rings. The summed E-state index contributed by atoms with van der Waals surface area (Å²) < 4.78 is 2.87. The minimum Gasteiger partial charge on any atom is -0.417 e. The van der Waals surface area contributed by atoms with Crippen LogP contribution >= 0.6 is 15.8 Å². The summed E-state index contributed by atoms with van der Waals surface area (Å²) in [5.41, 5.74) is 1.21. The van der Waals surface area contributed by atoms with Gasteiger partial charge in [-0.1, -0.05) is 52.2 Å². The summed E-state index contributed by atoms with van der Waals surface area (Å²) in [4.78, 5) is 2.51. The van der Waals surface area contributed by atoms with Gasteiger partial charge >= 0.3 is 0 Å². The average molecular weight is 387 g/mol. The summed E-state index contributed by atoms with van der Waals surface area (Å²) in [7, 11) is -2.71. The van der Waals surface area contributed by atoms with Gasteiger partial charge in [0.05, 0.1) is 0 Å². The van der Waals surface area contributed by atoms with Crippen molar-refractivity contribution in [2.75, 3.05) is 0 Å². The molecule has 1 unspecified atom stereocenters. The number of hydrogen-bond acceptors (Lipinski definition) is 2. The third-order valence-corrected chi connectivity index (χ3v) is 13.5. The van der Waals surface area contributed by atoms with Gasteiger partial charge in [-0.05, 0) is 32.7 Å². The van der Waals surface area contributed by atoms with Crippen molar-refractivity contribution in [3.05, 3.63) is 12.3 Å². The zero-order chi connectivity index (χ0) is 16.8. The Balaban J connectivity index is 3.03. The first kappa shape index (κ1) is 19.6. The van der Waals surface area contributed by atoms with Crippen LogP contribution < -0.4 is 0 Å². The van der Waals surface area contributed by atoms with E-state index in [0.717, 1.165) is 0 Å². The fourth-order valence-electron chi connectivity index (χ4n) is 3.75. The Morgan fingerprint density at radius 1 is 1.10 bits per heavy atom. The van der Waals surface area contributed by atoms with E-state index in [9.17, 15) is 0 Å². The van der Waals surface area contributed by atoms with Crippen LogP contribution in [0.15, 0.2) is 12.3 Å². The topological polar surface area (TPSA) is 6.48 Å². The molecule has 0 saturated heterocycles. The molecule has 0 bridgehead atoms. The van der Waals surface area contributed by atoms with Gasteiger partial charge in [-0.2, -0.15) is 0 Å². The number of hydrogen-bond donors (Lipinski definition) is 0. The lowest BCUT2D eigenvalue weighted by molar-refractivity contribution is 0.327. The predicted molar refractivity (Wildman–Crippen MR) is 109 cm³/mol. The molecule has 2 nitrogen and oxygen atoms in total. The summed E-state index contributed by atoms with van der Waals surface area (Å²) in [5, 5.41) is 0. The quantitative estimate of drug-likeness (QED) is 0.627. The molecule has 1 heterocycles. The summed E-state index contributed by atoms with van der Waals surface area (Å²) in [5.74, 6) is 0. The van der Waals surface area contributed by atoms with Gasteiger partial charge < -0.3 is 8.95 Å². The standard InChI is InChI=1S/C14H33B2BrN2Si2/c1-14(2,3)18-12-11-13(15(18)4)16(17)19(20(5,6)7)21(8,9)10/h11-13H,1-10H3. The molecule has 0 radical (unpaired) electrons. The molecule has 1 atom stereocenters. The molecule has 0 spiro atoms. The molecule has 0 aliphatic carbocycles. The molecule has 0 N–H and O–H groups in total. The average Bonchev–Trinajstić information content (AvgIpc) is 2.54. The van der Waals surface area contributed by atoms with E-state index in [1.54, 1.807) is 0 Å². The maximum absolute atomic E-state index is 4.09. The molecule has 21 heavy (non-hydrogen) atoms. The number of nitrogens with zero attached hydrogens (tertiary/aromatic N) is 2. The molecule has 0 fully saturated rings. The van der Waals surface area contributed by atoms with Gasteiger partial charge in [-0.15, -0.1) is 15.8 Å². The van der Waals surface area contributed by atoms with Gasteiger partial charge in [0.1, 0.15) is 16.5 Å². The van der Waals surface area contributed by atoms with Crippen molar-refractivity contribution < 1.29 is 0 Å². The van der Waals surface area contributed by atoms with Gasteiger partial charge in [0.25, 0.3) is 12.5 Å². The first-order valence-electron chi connectivity index (χ1n) is 8.07. The van der Waals surface area contributed by atoms with Crippen LogP contribution in [0.1, 0.15) is 20.8 Å². The van der Waals surface area contributed by atoms with Gasteiger partial charge in [-0.25, -0.2) is 0 Å². The van der Waals surface area contributed by atoms with Crippen LogP contribution in [-0.2, 0) is 0 Å². The maximum Gasteiger partial charge on any atom is 0.291 e. The molecule has 120 valence electrons. The fraction of sp³-hybridized carbons (Fsp3) is 0.857. The Kier molecular flexibility index (Phi) is 5.79. The summed E-state index contributed by atoms with van der Waals surface area (Å²) in [6, 6.07) is 0. The minimum atomic E-state index is -1.35. The predicted octanol–water partition coefficient (Wildman–Crippen LogP) is 5.00. The van der Waals surface area contributed by atoms with Crippen molar-refractivity contribution in [1.29, 1.82) is 0 Å². The zero-order valence-corrected chi connectivity index (χ0v) is 19.2.